The number of amides is 1. The summed E-state index contributed by atoms with van der Waals surface area (Å²) in [5.41, 5.74) is 3.34. The Morgan fingerprint density at radius 1 is 1.08 bits per heavy atom. The largest absolute Gasteiger partial charge is 0.382 e. The molecule has 138 valence electrons. The van der Waals surface area contributed by atoms with Gasteiger partial charge in [0.15, 0.2) is 0 Å². The number of nitrogens with zero attached hydrogens (tertiary/aromatic N) is 2. The molecule has 3 rings (SSSR count). The lowest BCUT2D eigenvalue weighted by atomic mass is 10.2. The molecule has 5 nitrogen and oxygen atoms in total. The van der Waals surface area contributed by atoms with Gasteiger partial charge in [0.25, 0.3) is 5.91 Å². The maximum absolute atomic E-state index is 12.5. The first kappa shape index (κ1) is 18.2. The Balaban J connectivity index is 1.64. The van der Waals surface area contributed by atoms with Crippen molar-refractivity contribution in [1.82, 2.24) is 4.98 Å². The van der Waals surface area contributed by atoms with E-state index in [4.69, 9.17) is 0 Å². The first-order chi connectivity index (χ1) is 12.7. The number of hydrogen-bond acceptors (Lipinski definition) is 4. The molecule has 0 spiro atoms. The standard InChI is InChI=1S/C21H28N4O/c1-3-25(4-2)19-11-9-17(10-12-19)24-21(26)20-15-18(13-14-22-20)23-16-7-5-6-8-16/h9-16H,3-8H2,1-2H3,(H,22,23)(H,24,26). The van der Waals surface area contributed by atoms with Crippen molar-refractivity contribution in [2.75, 3.05) is 28.6 Å². The molecule has 1 aliphatic carbocycles. The van der Waals surface area contributed by atoms with Gasteiger partial charge in [-0.3, -0.25) is 9.78 Å². The number of carbonyl (C=O) groups is 1. The van der Waals surface area contributed by atoms with Crippen molar-refractivity contribution in [2.45, 2.75) is 45.6 Å². The van der Waals surface area contributed by atoms with Gasteiger partial charge in [0, 0.05) is 42.4 Å². The van der Waals surface area contributed by atoms with Crippen molar-refractivity contribution in [3.63, 3.8) is 0 Å². The van der Waals surface area contributed by atoms with E-state index in [1.165, 1.54) is 25.7 Å². The van der Waals surface area contributed by atoms with Crippen LogP contribution < -0.4 is 15.5 Å². The second-order valence-corrected chi connectivity index (χ2v) is 6.73. The summed E-state index contributed by atoms with van der Waals surface area (Å²) in [7, 11) is 0. The van der Waals surface area contributed by atoms with Crippen LogP contribution in [-0.4, -0.2) is 30.0 Å². The highest BCUT2D eigenvalue weighted by Gasteiger charge is 2.15. The fourth-order valence-corrected chi connectivity index (χ4v) is 3.49. The predicted octanol–water partition coefficient (Wildman–Crippen LogP) is 4.53. The Hall–Kier alpha value is -2.56. The highest BCUT2D eigenvalue weighted by Crippen LogP contribution is 2.23. The highest BCUT2D eigenvalue weighted by atomic mass is 16.1. The fraction of sp³-hybridized carbons (Fsp3) is 0.429. The molecule has 0 unspecified atom stereocenters. The molecule has 0 radical (unpaired) electrons. The van der Waals surface area contributed by atoms with Crippen LogP contribution in [0.2, 0.25) is 0 Å². The van der Waals surface area contributed by atoms with Crippen LogP contribution in [0.4, 0.5) is 17.1 Å². The first-order valence-electron chi connectivity index (χ1n) is 9.58. The Labute approximate surface area is 155 Å². The molecule has 1 saturated carbocycles. The topological polar surface area (TPSA) is 57.3 Å². The number of anilines is 3. The van der Waals surface area contributed by atoms with E-state index < -0.39 is 0 Å². The lowest BCUT2D eigenvalue weighted by molar-refractivity contribution is 0.102. The molecule has 0 atom stereocenters. The molecular formula is C21H28N4O. The molecule has 1 aromatic carbocycles. The quantitative estimate of drug-likeness (QED) is 0.768. The van der Waals surface area contributed by atoms with Crippen molar-refractivity contribution in [2.24, 2.45) is 0 Å². The zero-order valence-corrected chi connectivity index (χ0v) is 15.7. The van der Waals surface area contributed by atoms with Gasteiger partial charge in [-0.1, -0.05) is 12.8 Å². The lowest BCUT2D eigenvalue weighted by Crippen LogP contribution is -2.21. The third-order valence-electron chi connectivity index (χ3n) is 4.97. The zero-order valence-electron chi connectivity index (χ0n) is 15.7. The second-order valence-electron chi connectivity index (χ2n) is 6.73. The summed E-state index contributed by atoms with van der Waals surface area (Å²) >= 11 is 0. The molecule has 1 fully saturated rings. The Bertz CT molecular complexity index is 719. The maximum Gasteiger partial charge on any atom is 0.274 e. The number of rotatable bonds is 7. The summed E-state index contributed by atoms with van der Waals surface area (Å²) < 4.78 is 0. The molecule has 5 heteroatoms. The minimum Gasteiger partial charge on any atom is -0.382 e. The molecule has 2 aromatic rings. The van der Waals surface area contributed by atoms with Gasteiger partial charge in [-0.05, 0) is 63.1 Å². The van der Waals surface area contributed by atoms with Gasteiger partial charge in [0.1, 0.15) is 5.69 Å². The summed E-state index contributed by atoms with van der Waals surface area (Å²) in [6, 6.07) is 12.2. The third-order valence-corrected chi connectivity index (χ3v) is 4.97. The molecule has 1 heterocycles. The minimum atomic E-state index is -0.185. The Morgan fingerprint density at radius 2 is 1.77 bits per heavy atom. The lowest BCUT2D eigenvalue weighted by Gasteiger charge is -2.21. The first-order valence-corrected chi connectivity index (χ1v) is 9.58. The van der Waals surface area contributed by atoms with E-state index >= 15 is 0 Å². The van der Waals surface area contributed by atoms with Gasteiger partial charge < -0.3 is 15.5 Å². The van der Waals surface area contributed by atoms with Crippen LogP contribution in [0.3, 0.4) is 0 Å². The average Bonchev–Trinajstić information content (AvgIpc) is 3.17. The van der Waals surface area contributed by atoms with Crippen molar-refractivity contribution in [1.29, 1.82) is 0 Å². The highest BCUT2D eigenvalue weighted by molar-refractivity contribution is 6.03. The number of hydrogen-bond donors (Lipinski definition) is 2. The van der Waals surface area contributed by atoms with Crippen LogP contribution >= 0.6 is 0 Å². The van der Waals surface area contributed by atoms with E-state index in [0.717, 1.165) is 30.2 Å². The van der Waals surface area contributed by atoms with Gasteiger partial charge in [-0.25, -0.2) is 0 Å². The van der Waals surface area contributed by atoms with Gasteiger partial charge in [0.05, 0.1) is 0 Å². The number of pyridine rings is 1. The van der Waals surface area contributed by atoms with E-state index in [0.29, 0.717) is 11.7 Å². The molecule has 0 bridgehead atoms. The van der Waals surface area contributed by atoms with Crippen LogP contribution in [-0.2, 0) is 0 Å². The van der Waals surface area contributed by atoms with E-state index in [1.807, 2.05) is 36.4 Å². The van der Waals surface area contributed by atoms with Crippen molar-refractivity contribution < 1.29 is 4.79 Å². The van der Waals surface area contributed by atoms with Gasteiger partial charge >= 0.3 is 0 Å². The summed E-state index contributed by atoms with van der Waals surface area (Å²) in [6.45, 7) is 6.20. The van der Waals surface area contributed by atoms with Crippen LogP contribution in [0.25, 0.3) is 0 Å². The minimum absolute atomic E-state index is 0.185. The summed E-state index contributed by atoms with van der Waals surface area (Å²) in [5, 5.41) is 6.44. The monoisotopic (exact) mass is 352 g/mol. The number of aromatic nitrogens is 1. The zero-order chi connectivity index (χ0) is 18.4. The molecule has 1 amide bonds. The molecular weight excluding hydrogens is 324 g/mol. The summed E-state index contributed by atoms with van der Waals surface area (Å²) in [5.74, 6) is -0.185. The van der Waals surface area contributed by atoms with E-state index in [-0.39, 0.29) is 5.91 Å². The SMILES string of the molecule is CCN(CC)c1ccc(NC(=O)c2cc(NC3CCCC3)ccn2)cc1. The van der Waals surface area contributed by atoms with Gasteiger partial charge in [0.2, 0.25) is 0 Å². The fourth-order valence-electron chi connectivity index (χ4n) is 3.49. The number of nitrogens with one attached hydrogen (secondary N) is 2. The van der Waals surface area contributed by atoms with E-state index in [9.17, 15) is 4.79 Å². The van der Waals surface area contributed by atoms with Crippen LogP contribution in [0.5, 0.6) is 0 Å². The molecule has 26 heavy (non-hydrogen) atoms. The van der Waals surface area contributed by atoms with Crippen LogP contribution in [0, 0.1) is 0 Å². The van der Waals surface area contributed by atoms with E-state index in [1.54, 1.807) is 6.20 Å². The molecule has 1 aliphatic rings. The predicted molar refractivity (Wildman–Crippen MR) is 108 cm³/mol. The van der Waals surface area contributed by atoms with Gasteiger partial charge in [-0.2, -0.15) is 0 Å². The van der Waals surface area contributed by atoms with Crippen molar-refractivity contribution >= 4 is 23.0 Å². The molecule has 2 N–H and O–H groups in total. The normalized spacial score (nSPS) is 14.2. The average molecular weight is 352 g/mol. The Kier molecular flexibility index (Phi) is 6.10. The van der Waals surface area contributed by atoms with Crippen molar-refractivity contribution in [3.8, 4) is 0 Å². The molecule has 1 aromatic heterocycles. The molecule has 0 aliphatic heterocycles. The summed E-state index contributed by atoms with van der Waals surface area (Å²) in [6.07, 6.45) is 6.64. The number of carbonyl (C=O) groups excluding carboxylic acids is 1. The summed E-state index contributed by atoms with van der Waals surface area (Å²) in [4.78, 5) is 19.0. The van der Waals surface area contributed by atoms with E-state index in [2.05, 4.69) is 34.4 Å². The van der Waals surface area contributed by atoms with Crippen molar-refractivity contribution in [3.05, 3.63) is 48.3 Å². The Morgan fingerprint density at radius 3 is 2.42 bits per heavy atom. The smallest absolute Gasteiger partial charge is 0.274 e. The second kappa shape index (κ2) is 8.70. The molecule has 0 saturated heterocycles. The van der Waals surface area contributed by atoms with Crippen LogP contribution in [0.15, 0.2) is 42.6 Å². The maximum atomic E-state index is 12.5. The van der Waals surface area contributed by atoms with Crippen LogP contribution in [0.1, 0.15) is 50.0 Å². The van der Waals surface area contributed by atoms with Gasteiger partial charge in [-0.15, -0.1) is 0 Å². The number of benzene rings is 1. The third kappa shape index (κ3) is 4.54.